The molecule has 0 saturated heterocycles. The van der Waals surface area contributed by atoms with Crippen molar-refractivity contribution in [1.82, 2.24) is 10.2 Å². The number of carboxylic acids is 1. The maximum absolute atomic E-state index is 12.3. The van der Waals surface area contributed by atoms with Crippen LogP contribution in [0.2, 0.25) is 0 Å². The SMILES string of the molecule is COc1ccc(Br)cc1S(=O)(=O)Nc1cc(C(=O)O)[nH]n1. The number of nitrogens with one attached hydrogen (secondary N) is 2. The van der Waals surface area contributed by atoms with Crippen LogP contribution in [0.15, 0.2) is 33.6 Å². The predicted octanol–water partition coefficient (Wildman–Crippen LogP) is 1.68. The highest BCUT2D eigenvalue weighted by Crippen LogP contribution is 2.28. The minimum absolute atomic E-state index is 0.0979. The molecule has 0 atom stereocenters. The number of aromatic amines is 1. The van der Waals surface area contributed by atoms with Gasteiger partial charge in [-0.3, -0.25) is 9.82 Å². The quantitative estimate of drug-likeness (QED) is 0.730. The van der Waals surface area contributed by atoms with Gasteiger partial charge in [-0.1, -0.05) is 15.9 Å². The molecule has 0 spiro atoms. The van der Waals surface area contributed by atoms with Crippen LogP contribution in [0.25, 0.3) is 0 Å². The lowest BCUT2D eigenvalue weighted by Crippen LogP contribution is -2.14. The van der Waals surface area contributed by atoms with Crippen molar-refractivity contribution in [3.63, 3.8) is 0 Å². The fraction of sp³-hybridized carbons (Fsp3) is 0.0909. The zero-order chi connectivity index (χ0) is 15.6. The third kappa shape index (κ3) is 3.34. The third-order valence-electron chi connectivity index (χ3n) is 2.46. The lowest BCUT2D eigenvalue weighted by atomic mass is 10.3. The predicted molar refractivity (Wildman–Crippen MR) is 77.0 cm³/mol. The maximum atomic E-state index is 12.3. The minimum atomic E-state index is -3.97. The van der Waals surface area contributed by atoms with E-state index in [4.69, 9.17) is 9.84 Å². The van der Waals surface area contributed by atoms with E-state index in [1.165, 1.54) is 19.2 Å². The molecule has 1 aromatic heterocycles. The van der Waals surface area contributed by atoms with Gasteiger partial charge in [-0.25, -0.2) is 13.2 Å². The molecule has 1 aromatic carbocycles. The van der Waals surface area contributed by atoms with Crippen LogP contribution in [0.1, 0.15) is 10.5 Å². The summed E-state index contributed by atoms with van der Waals surface area (Å²) in [6.45, 7) is 0. The number of aromatic carboxylic acids is 1. The van der Waals surface area contributed by atoms with E-state index in [1.807, 2.05) is 0 Å². The van der Waals surface area contributed by atoms with Gasteiger partial charge in [0, 0.05) is 10.5 Å². The number of benzene rings is 1. The van der Waals surface area contributed by atoms with Crippen molar-refractivity contribution < 1.29 is 23.1 Å². The number of rotatable bonds is 5. The number of carbonyl (C=O) groups is 1. The van der Waals surface area contributed by atoms with E-state index in [2.05, 4.69) is 30.8 Å². The summed E-state index contributed by atoms with van der Waals surface area (Å²) in [7, 11) is -2.62. The first-order valence-corrected chi connectivity index (χ1v) is 7.76. The van der Waals surface area contributed by atoms with Crippen LogP contribution in [-0.4, -0.2) is 36.8 Å². The van der Waals surface area contributed by atoms with Crippen molar-refractivity contribution in [2.45, 2.75) is 4.90 Å². The van der Waals surface area contributed by atoms with E-state index in [9.17, 15) is 13.2 Å². The van der Waals surface area contributed by atoms with Crippen molar-refractivity contribution in [2.24, 2.45) is 0 Å². The summed E-state index contributed by atoms with van der Waals surface area (Å²) in [5.74, 6) is -1.22. The van der Waals surface area contributed by atoms with E-state index in [1.54, 1.807) is 6.07 Å². The molecule has 0 radical (unpaired) electrons. The van der Waals surface area contributed by atoms with Gasteiger partial charge in [-0.2, -0.15) is 5.10 Å². The van der Waals surface area contributed by atoms with Gasteiger partial charge in [-0.15, -0.1) is 0 Å². The standard InChI is InChI=1S/C11H10BrN3O5S/c1-20-8-3-2-6(12)4-9(8)21(18,19)15-10-5-7(11(16)17)13-14-10/h2-5H,1H3,(H,16,17)(H2,13,14,15). The first-order chi connectivity index (χ1) is 9.83. The molecular formula is C11H10BrN3O5S. The number of anilines is 1. The molecule has 0 aliphatic heterocycles. The molecule has 10 heteroatoms. The number of ether oxygens (including phenoxy) is 1. The zero-order valence-electron chi connectivity index (χ0n) is 10.6. The lowest BCUT2D eigenvalue weighted by Gasteiger charge is -2.10. The Balaban J connectivity index is 2.38. The number of H-pyrrole nitrogens is 1. The number of carboxylic acid groups (broad SMARTS) is 1. The molecule has 0 saturated carbocycles. The molecule has 3 N–H and O–H groups in total. The van der Waals surface area contributed by atoms with Crippen LogP contribution in [0.4, 0.5) is 5.82 Å². The Kier molecular flexibility index (Phi) is 4.19. The first kappa shape index (κ1) is 15.3. The Morgan fingerprint density at radius 1 is 1.43 bits per heavy atom. The molecule has 2 aromatic rings. The first-order valence-electron chi connectivity index (χ1n) is 5.48. The molecule has 1 heterocycles. The summed E-state index contributed by atoms with van der Waals surface area (Å²) >= 11 is 3.18. The Labute approximate surface area is 128 Å². The Hall–Kier alpha value is -2.07. The fourth-order valence-electron chi connectivity index (χ4n) is 1.54. The minimum Gasteiger partial charge on any atom is -0.495 e. The lowest BCUT2D eigenvalue weighted by molar-refractivity contribution is 0.0690. The third-order valence-corrected chi connectivity index (χ3v) is 4.33. The monoisotopic (exact) mass is 375 g/mol. The summed E-state index contributed by atoms with van der Waals surface area (Å²) in [5, 5.41) is 14.5. The Morgan fingerprint density at radius 2 is 2.14 bits per heavy atom. The van der Waals surface area contributed by atoms with Gasteiger partial charge >= 0.3 is 5.97 Å². The van der Waals surface area contributed by atoms with Crippen LogP contribution in [0.3, 0.4) is 0 Å². The number of hydrogen-bond donors (Lipinski definition) is 3. The molecule has 0 fully saturated rings. The molecule has 0 aliphatic rings. The van der Waals surface area contributed by atoms with Gasteiger partial charge in [0.1, 0.15) is 16.3 Å². The molecule has 21 heavy (non-hydrogen) atoms. The molecule has 0 aliphatic carbocycles. The van der Waals surface area contributed by atoms with Gasteiger partial charge in [0.2, 0.25) is 0 Å². The second-order valence-corrected chi connectivity index (χ2v) is 6.44. The van der Waals surface area contributed by atoms with Crippen LogP contribution in [0, 0.1) is 0 Å². The average molecular weight is 376 g/mol. The largest absolute Gasteiger partial charge is 0.495 e. The van der Waals surface area contributed by atoms with Crippen molar-refractivity contribution >= 4 is 37.7 Å². The van der Waals surface area contributed by atoms with Gasteiger partial charge in [0.15, 0.2) is 5.82 Å². The van der Waals surface area contributed by atoms with Gasteiger partial charge in [-0.05, 0) is 18.2 Å². The average Bonchev–Trinajstić information content (AvgIpc) is 2.86. The van der Waals surface area contributed by atoms with Crippen LogP contribution in [0.5, 0.6) is 5.75 Å². The second kappa shape index (κ2) is 5.74. The van der Waals surface area contributed by atoms with Crippen molar-refractivity contribution in [3.8, 4) is 5.75 Å². The molecule has 0 bridgehead atoms. The smallest absolute Gasteiger partial charge is 0.353 e. The summed E-state index contributed by atoms with van der Waals surface area (Å²) in [6.07, 6.45) is 0. The number of nitrogens with zero attached hydrogens (tertiary/aromatic N) is 1. The van der Waals surface area contributed by atoms with Gasteiger partial charge in [0.05, 0.1) is 7.11 Å². The fourth-order valence-corrected chi connectivity index (χ4v) is 3.24. The maximum Gasteiger partial charge on any atom is 0.353 e. The number of methoxy groups -OCH3 is 1. The summed E-state index contributed by atoms with van der Waals surface area (Å²) < 4.78 is 32.3. The highest BCUT2D eigenvalue weighted by atomic mass is 79.9. The zero-order valence-corrected chi connectivity index (χ0v) is 13.0. The second-order valence-electron chi connectivity index (χ2n) is 3.87. The number of aromatic nitrogens is 2. The molecule has 8 nitrogen and oxygen atoms in total. The van der Waals surface area contributed by atoms with Crippen LogP contribution in [-0.2, 0) is 10.0 Å². The van der Waals surface area contributed by atoms with Crippen molar-refractivity contribution in [2.75, 3.05) is 11.8 Å². The molecule has 2 rings (SSSR count). The van der Waals surface area contributed by atoms with E-state index in [-0.39, 0.29) is 22.2 Å². The topological polar surface area (TPSA) is 121 Å². The highest BCUT2D eigenvalue weighted by molar-refractivity contribution is 9.10. The van der Waals surface area contributed by atoms with E-state index in [0.717, 1.165) is 6.07 Å². The van der Waals surface area contributed by atoms with Gasteiger partial charge < -0.3 is 9.84 Å². The molecule has 0 unspecified atom stereocenters. The van der Waals surface area contributed by atoms with Crippen LogP contribution >= 0.6 is 15.9 Å². The van der Waals surface area contributed by atoms with Crippen molar-refractivity contribution in [3.05, 3.63) is 34.4 Å². The number of hydrogen-bond acceptors (Lipinski definition) is 5. The van der Waals surface area contributed by atoms with E-state index in [0.29, 0.717) is 4.47 Å². The van der Waals surface area contributed by atoms with E-state index < -0.39 is 16.0 Å². The highest BCUT2D eigenvalue weighted by Gasteiger charge is 2.21. The van der Waals surface area contributed by atoms with E-state index >= 15 is 0 Å². The molecule has 0 amide bonds. The summed E-state index contributed by atoms with van der Waals surface area (Å²) in [6, 6.07) is 5.57. The molecule has 112 valence electrons. The van der Waals surface area contributed by atoms with Gasteiger partial charge in [0.25, 0.3) is 10.0 Å². The summed E-state index contributed by atoms with van der Waals surface area (Å²) in [4.78, 5) is 10.6. The normalized spacial score (nSPS) is 11.1. The number of sulfonamides is 1. The summed E-state index contributed by atoms with van der Waals surface area (Å²) in [5.41, 5.74) is -0.228. The Bertz CT molecular complexity index is 787. The number of halogens is 1. The van der Waals surface area contributed by atoms with Crippen LogP contribution < -0.4 is 9.46 Å². The Morgan fingerprint density at radius 3 is 2.71 bits per heavy atom. The molecular weight excluding hydrogens is 366 g/mol. The van der Waals surface area contributed by atoms with Crippen molar-refractivity contribution in [1.29, 1.82) is 0 Å².